The van der Waals surface area contributed by atoms with Crippen molar-refractivity contribution >= 4 is 12.0 Å². The molecule has 0 bridgehead atoms. The average Bonchev–Trinajstić information content (AvgIpc) is 2.28. The summed E-state index contributed by atoms with van der Waals surface area (Å²) in [4.78, 5) is 10.8. The Morgan fingerprint density at radius 2 is 1.88 bits per heavy atom. The van der Waals surface area contributed by atoms with Gasteiger partial charge in [-0.3, -0.25) is 4.79 Å². The highest BCUT2D eigenvalue weighted by Crippen LogP contribution is 2.29. The molecule has 2 nitrogen and oxygen atoms in total. The van der Waals surface area contributed by atoms with Crippen LogP contribution in [-0.2, 0) is 15.7 Å². The number of benzene rings is 1. The van der Waals surface area contributed by atoms with Gasteiger partial charge in [0.25, 0.3) is 0 Å². The Bertz CT molecular complexity index is 405. The lowest BCUT2D eigenvalue weighted by molar-refractivity contribution is -0.139. The molecule has 1 rings (SSSR count). The van der Waals surface area contributed by atoms with E-state index < -0.39 is 17.7 Å². The summed E-state index contributed by atoms with van der Waals surface area (Å²) in [6, 6.07) is 4.68. The first kappa shape index (κ1) is 13.3. The Balaban J connectivity index is 2.66. The molecule has 0 aliphatic carbocycles. The van der Waals surface area contributed by atoms with E-state index in [0.717, 1.165) is 12.1 Å². The lowest BCUT2D eigenvalue weighted by atomic mass is 10.1. The van der Waals surface area contributed by atoms with Gasteiger partial charge in [0.2, 0.25) is 0 Å². The van der Waals surface area contributed by atoms with Crippen molar-refractivity contribution in [3.63, 3.8) is 0 Å². The van der Waals surface area contributed by atoms with E-state index in [-0.39, 0.29) is 6.42 Å². The van der Waals surface area contributed by atoms with Gasteiger partial charge in [0.15, 0.2) is 0 Å². The topological polar surface area (TPSA) is 26.3 Å². The van der Waals surface area contributed by atoms with Gasteiger partial charge in [-0.25, -0.2) is 0 Å². The van der Waals surface area contributed by atoms with Gasteiger partial charge in [-0.15, -0.1) is 0 Å². The first-order valence-corrected chi connectivity index (χ1v) is 4.84. The van der Waals surface area contributed by atoms with Crippen molar-refractivity contribution in [2.24, 2.45) is 0 Å². The van der Waals surface area contributed by atoms with Crippen molar-refractivity contribution < 1.29 is 22.7 Å². The molecule has 0 N–H and O–H groups in total. The second-order valence-electron chi connectivity index (χ2n) is 3.30. The van der Waals surface area contributed by atoms with Crippen LogP contribution in [0.25, 0.3) is 6.08 Å². The maximum atomic E-state index is 12.2. The SMILES string of the molecule is COC(=O)C/C=C/c1ccc(C(F)(F)F)cc1. The van der Waals surface area contributed by atoms with Gasteiger partial charge < -0.3 is 4.74 Å². The molecule has 5 heteroatoms. The monoisotopic (exact) mass is 244 g/mol. The molecule has 0 aromatic heterocycles. The Hall–Kier alpha value is -1.78. The highest BCUT2D eigenvalue weighted by Gasteiger charge is 2.29. The summed E-state index contributed by atoms with van der Waals surface area (Å²) in [5.74, 6) is -0.395. The smallest absolute Gasteiger partial charge is 0.416 e. The number of methoxy groups -OCH3 is 1. The van der Waals surface area contributed by atoms with Gasteiger partial charge in [0.05, 0.1) is 19.1 Å². The van der Waals surface area contributed by atoms with Crippen molar-refractivity contribution in [1.29, 1.82) is 0 Å². The molecular weight excluding hydrogens is 233 g/mol. The standard InChI is InChI=1S/C12H11F3O2/c1-17-11(16)4-2-3-9-5-7-10(8-6-9)12(13,14)15/h2-3,5-8H,4H2,1H3/b3-2+. The van der Waals surface area contributed by atoms with Crippen LogP contribution in [-0.4, -0.2) is 13.1 Å². The third-order valence-corrected chi connectivity index (χ3v) is 2.06. The summed E-state index contributed by atoms with van der Waals surface area (Å²) in [6.07, 6.45) is -1.13. The zero-order valence-corrected chi connectivity index (χ0v) is 9.12. The van der Waals surface area contributed by atoms with Gasteiger partial charge in [0, 0.05) is 0 Å². The molecule has 0 amide bonds. The van der Waals surface area contributed by atoms with Gasteiger partial charge in [-0.05, 0) is 17.7 Å². The minimum absolute atomic E-state index is 0.0948. The highest BCUT2D eigenvalue weighted by atomic mass is 19.4. The number of ether oxygens (including phenoxy) is 1. The van der Waals surface area contributed by atoms with Gasteiger partial charge >= 0.3 is 12.1 Å². The van der Waals surface area contributed by atoms with Gasteiger partial charge in [-0.2, -0.15) is 13.2 Å². The van der Waals surface area contributed by atoms with E-state index in [1.807, 2.05) is 0 Å². The van der Waals surface area contributed by atoms with Crippen molar-refractivity contribution in [2.45, 2.75) is 12.6 Å². The Morgan fingerprint density at radius 1 is 1.29 bits per heavy atom. The molecule has 0 aliphatic rings. The fourth-order valence-corrected chi connectivity index (χ4v) is 1.16. The van der Waals surface area contributed by atoms with E-state index in [2.05, 4.69) is 4.74 Å². The van der Waals surface area contributed by atoms with Crippen LogP contribution in [0.1, 0.15) is 17.5 Å². The maximum absolute atomic E-state index is 12.2. The van der Waals surface area contributed by atoms with E-state index >= 15 is 0 Å². The summed E-state index contributed by atoms with van der Waals surface area (Å²) in [6.45, 7) is 0. The number of carbonyl (C=O) groups is 1. The van der Waals surface area contributed by atoms with Crippen LogP contribution in [0.4, 0.5) is 13.2 Å². The molecule has 0 atom stereocenters. The van der Waals surface area contributed by atoms with Crippen LogP contribution >= 0.6 is 0 Å². The molecule has 0 radical (unpaired) electrons. The molecule has 0 fully saturated rings. The second-order valence-corrected chi connectivity index (χ2v) is 3.30. The van der Waals surface area contributed by atoms with E-state index in [1.165, 1.54) is 25.3 Å². The van der Waals surface area contributed by atoms with E-state index in [9.17, 15) is 18.0 Å². The number of hydrogen-bond acceptors (Lipinski definition) is 2. The van der Waals surface area contributed by atoms with E-state index in [4.69, 9.17) is 0 Å². The lowest BCUT2D eigenvalue weighted by Gasteiger charge is -2.05. The second kappa shape index (κ2) is 5.52. The van der Waals surface area contributed by atoms with Crippen molar-refractivity contribution in [3.05, 3.63) is 41.5 Å². The molecule has 92 valence electrons. The Labute approximate surface area is 96.7 Å². The first-order chi connectivity index (χ1) is 7.93. The van der Waals surface area contributed by atoms with Crippen LogP contribution in [0, 0.1) is 0 Å². The lowest BCUT2D eigenvalue weighted by Crippen LogP contribution is -2.03. The van der Waals surface area contributed by atoms with Crippen LogP contribution in [0.3, 0.4) is 0 Å². The van der Waals surface area contributed by atoms with Crippen LogP contribution in [0.15, 0.2) is 30.3 Å². The summed E-state index contributed by atoms with van der Waals surface area (Å²) in [5, 5.41) is 0. The number of carbonyl (C=O) groups excluding carboxylic acids is 1. The molecule has 1 aromatic rings. The zero-order valence-electron chi connectivity index (χ0n) is 9.12. The fourth-order valence-electron chi connectivity index (χ4n) is 1.16. The molecule has 0 aliphatic heterocycles. The quantitative estimate of drug-likeness (QED) is 0.763. The number of hydrogen-bond donors (Lipinski definition) is 0. The third-order valence-electron chi connectivity index (χ3n) is 2.06. The highest BCUT2D eigenvalue weighted by molar-refractivity contribution is 5.72. The largest absolute Gasteiger partial charge is 0.469 e. The minimum atomic E-state index is -4.33. The summed E-state index contributed by atoms with van der Waals surface area (Å²) < 4.78 is 41.1. The predicted molar refractivity (Wildman–Crippen MR) is 57.1 cm³/mol. The molecule has 0 spiro atoms. The maximum Gasteiger partial charge on any atom is 0.416 e. The number of rotatable bonds is 3. The average molecular weight is 244 g/mol. The van der Waals surface area contributed by atoms with Crippen LogP contribution < -0.4 is 0 Å². The minimum Gasteiger partial charge on any atom is -0.469 e. The summed E-state index contributed by atoms with van der Waals surface area (Å²) in [7, 11) is 1.27. The van der Waals surface area contributed by atoms with E-state index in [0.29, 0.717) is 5.56 Å². The third kappa shape index (κ3) is 4.30. The molecule has 0 unspecified atom stereocenters. The Morgan fingerprint density at radius 3 is 2.35 bits per heavy atom. The number of alkyl halides is 3. The zero-order chi connectivity index (χ0) is 12.9. The fraction of sp³-hybridized carbons (Fsp3) is 0.250. The first-order valence-electron chi connectivity index (χ1n) is 4.84. The summed E-state index contributed by atoms with van der Waals surface area (Å²) >= 11 is 0. The van der Waals surface area contributed by atoms with Gasteiger partial charge in [-0.1, -0.05) is 24.3 Å². The van der Waals surface area contributed by atoms with E-state index in [1.54, 1.807) is 6.08 Å². The van der Waals surface area contributed by atoms with Gasteiger partial charge in [0.1, 0.15) is 0 Å². The van der Waals surface area contributed by atoms with Crippen LogP contribution in [0.2, 0.25) is 0 Å². The van der Waals surface area contributed by atoms with Crippen molar-refractivity contribution in [2.75, 3.05) is 7.11 Å². The van der Waals surface area contributed by atoms with Crippen molar-refractivity contribution in [3.8, 4) is 0 Å². The molecule has 0 heterocycles. The van der Waals surface area contributed by atoms with Crippen LogP contribution in [0.5, 0.6) is 0 Å². The van der Waals surface area contributed by atoms with Crippen molar-refractivity contribution in [1.82, 2.24) is 0 Å². The number of halogens is 3. The predicted octanol–water partition coefficient (Wildman–Crippen LogP) is 3.28. The number of esters is 1. The molecule has 0 saturated heterocycles. The Kier molecular flexibility index (Phi) is 4.31. The molecule has 1 aromatic carbocycles. The normalized spacial score (nSPS) is 11.8. The molecule has 17 heavy (non-hydrogen) atoms. The summed E-state index contributed by atoms with van der Waals surface area (Å²) in [5.41, 5.74) is -0.0930. The molecule has 0 saturated carbocycles. The molecular formula is C12H11F3O2.